The van der Waals surface area contributed by atoms with Crippen molar-refractivity contribution >= 4 is 11.3 Å². The Labute approximate surface area is 116 Å². The summed E-state index contributed by atoms with van der Waals surface area (Å²) in [5.74, 6) is 0.781. The van der Waals surface area contributed by atoms with Crippen LogP contribution in [-0.4, -0.2) is 31.6 Å². The summed E-state index contributed by atoms with van der Waals surface area (Å²) < 4.78 is 0. The predicted octanol–water partition coefficient (Wildman–Crippen LogP) is 3.77. The minimum absolute atomic E-state index is 0.460. The van der Waals surface area contributed by atoms with E-state index in [0.717, 1.165) is 12.5 Å². The van der Waals surface area contributed by atoms with Crippen molar-refractivity contribution in [3.63, 3.8) is 0 Å². The SMILES string of the molecule is CCC(CC)C(CNC(C)c1cccs1)N(C)C. The van der Waals surface area contributed by atoms with E-state index in [1.807, 2.05) is 11.3 Å². The molecule has 0 aromatic carbocycles. The highest BCUT2D eigenvalue weighted by molar-refractivity contribution is 7.10. The Kier molecular flexibility index (Phi) is 6.90. The molecule has 2 unspecified atom stereocenters. The van der Waals surface area contributed by atoms with Gasteiger partial charge < -0.3 is 10.2 Å². The molecule has 1 rings (SSSR count). The van der Waals surface area contributed by atoms with E-state index >= 15 is 0 Å². The summed E-state index contributed by atoms with van der Waals surface area (Å²) in [6, 6.07) is 5.43. The summed E-state index contributed by atoms with van der Waals surface area (Å²) >= 11 is 1.83. The maximum absolute atomic E-state index is 3.68. The topological polar surface area (TPSA) is 15.3 Å². The summed E-state index contributed by atoms with van der Waals surface area (Å²) in [4.78, 5) is 3.79. The van der Waals surface area contributed by atoms with Crippen molar-refractivity contribution in [3.8, 4) is 0 Å². The molecule has 0 aliphatic rings. The quantitative estimate of drug-likeness (QED) is 0.772. The Balaban J connectivity index is 2.52. The van der Waals surface area contributed by atoms with E-state index in [-0.39, 0.29) is 0 Å². The second kappa shape index (κ2) is 7.93. The molecule has 0 amide bonds. The molecule has 0 aliphatic carbocycles. The minimum atomic E-state index is 0.460. The van der Waals surface area contributed by atoms with Gasteiger partial charge in [0.25, 0.3) is 0 Å². The van der Waals surface area contributed by atoms with Gasteiger partial charge in [-0.2, -0.15) is 0 Å². The maximum Gasteiger partial charge on any atom is 0.0386 e. The fraction of sp³-hybridized carbons (Fsp3) is 0.733. The van der Waals surface area contributed by atoms with Crippen LogP contribution in [0.4, 0.5) is 0 Å². The average Bonchev–Trinajstić information content (AvgIpc) is 2.87. The standard InChI is InChI=1S/C15H28N2S/c1-6-13(7-2)14(17(4)5)11-16-12(3)15-9-8-10-18-15/h8-10,12-14,16H,6-7,11H2,1-5H3. The summed E-state index contributed by atoms with van der Waals surface area (Å²) in [5, 5.41) is 5.83. The number of thiophene rings is 1. The average molecular weight is 268 g/mol. The van der Waals surface area contributed by atoms with Crippen molar-refractivity contribution < 1.29 is 0 Å². The minimum Gasteiger partial charge on any atom is -0.308 e. The molecule has 1 aromatic heterocycles. The van der Waals surface area contributed by atoms with Crippen molar-refractivity contribution in [3.05, 3.63) is 22.4 Å². The van der Waals surface area contributed by atoms with E-state index < -0.39 is 0 Å². The van der Waals surface area contributed by atoms with Crippen LogP contribution in [0.1, 0.15) is 44.5 Å². The van der Waals surface area contributed by atoms with Gasteiger partial charge in [-0.15, -0.1) is 11.3 Å². The summed E-state index contributed by atoms with van der Waals surface area (Å²) in [5.41, 5.74) is 0. The van der Waals surface area contributed by atoms with Crippen LogP contribution in [0.3, 0.4) is 0 Å². The number of rotatable bonds is 8. The first-order valence-corrected chi connectivity index (χ1v) is 7.91. The first kappa shape index (κ1) is 15.7. The monoisotopic (exact) mass is 268 g/mol. The molecule has 0 saturated heterocycles. The molecule has 0 spiro atoms. The molecule has 2 nitrogen and oxygen atoms in total. The lowest BCUT2D eigenvalue weighted by molar-refractivity contribution is 0.190. The van der Waals surface area contributed by atoms with Gasteiger partial charge >= 0.3 is 0 Å². The number of hydrogen-bond donors (Lipinski definition) is 1. The molecule has 1 heterocycles. The smallest absolute Gasteiger partial charge is 0.0386 e. The second-order valence-electron chi connectivity index (χ2n) is 5.25. The highest BCUT2D eigenvalue weighted by atomic mass is 32.1. The van der Waals surface area contributed by atoms with Gasteiger partial charge in [-0.1, -0.05) is 32.8 Å². The largest absolute Gasteiger partial charge is 0.308 e. The first-order valence-electron chi connectivity index (χ1n) is 7.03. The van der Waals surface area contributed by atoms with Gasteiger partial charge in [-0.05, 0) is 38.4 Å². The number of nitrogens with zero attached hydrogens (tertiary/aromatic N) is 1. The molecule has 0 fully saturated rings. The second-order valence-corrected chi connectivity index (χ2v) is 6.23. The Bertz CT molecular complexity index is 304. The molecule has 0 radical (unpaired) electrons. The van der Waals surface area contributed by atoms with Gasteiger partial charge in [0.1, 0.15) is 0 Å². The summed E-state index contributed by atoms with van der Waals surface area (Å²) in [6.45, 7) is 7.92. The molecular formula is C15H28N2S. The molecule has 0 saturated carbocycles. The number of nitrogens with one attached hydrogen (secondary N) is 1. The number of hydrogen-bond acceptors (Lipinski definition) is 3. The van der Waals surface area contributed by atoms with E-state index in [2.05, 4.69) is 62.6 Å². The fourth-order valence-electron chi connectivity index (χ4n) is 2.54. The summed E-state index contributed by atoms with van der Waals surface area (Å²) in [7, 11) is 4.39. The van der Waals surface area contributed by atoms with Gasteiger partial charge in [-0.25, -0.2) is 0 Å². The zero-order valence-corrected chi connectivity index (χ0v) is 13.3. The van der Waals surface area contributed by atoms with Crippen LogP contribution < -0.4 is 5.32 Å². The van der Waals surface area contributed by atoms with Crippen molar-refractivity contribution in [2.24, 2.45) is 5.92 Å². The van der Waals surface area contributed by atoms with Crippen LogP contribution in [0.15, 0.2) is 17.5 Å². The van der Waals surface area contributed by atoms with E-state index in [1.165, 1.54) is 17.7 Å². The maximum atomic E-state index is 3.68. The Morgan fingerprint density at radius 3 is 2.39 bits per heavy atom. The van der Waals surface area contributed by atoms with Crippen molar-refractivity contribution in [1.82, 2.24) is 10.2 Å². The van der Waals surface area contributed by atoms with E-state index in [4.69, 9.17) is 0 Å². The van der Waals surface area contributed by atoms with Crippen LogP contribution in [0, 0.1) is 5.92 Å². The normalized spacial score (nSPS) is 15.3. The Hall–Kier alpha value is -0.380. The Morgan fingerprint density at radius 1 is 1.28 bits per heavy atom. The molecule has 1 aromatic rings. The van der Waals surface area contributed by atoms with Crippen LogP contribution in [-0.2, 0) is 0 Å². The van der Waals surface area contributed by atoms with Gasteiger partial charge in [0.2, 0.25) is 0 Å². The third-order valence-corrected chi connectivity index (χ3v) is 4.91. The van der Waals surface area contributed by atoms with Crippen molar-refractivity contribution in [2.45, 2.75) is 45.7 Å². The fourth-order valence-corrected chi connectivity index (χ4v) is 3.30. The van der Waals surface area contributed by atoms with Gasteiger partial charge in [0.15, 0.2) is 0 Å². The lowest BCUT2D eigenvalue weighted by Crippen LogP contribution is -2.43. The third-order valence-electron chi connectivity index (χ3n) is 3.86. The molecular weight excluding hydrogens is 240 g/mol. The third kappa shape index (κ3) is 4.38. The zero-order valence-electron chi connectivity index (χ0n) is 12.4. The highest BCUT2D eigenvalue weighted by Crippen LogP contribution is 2.20. The molecule has 18 heavy (non-hydrogen) atoms. The molecule has 3 heteroatoms. The zero-order chi connectivity index (χ0) is 13.5. The Morgan fingerprint density at radius 2 is 1.94 bits per heavy atom. The van der Waals surface area contributed by atoms with Crippen molar-refractivity contribution in [2.75, 3.05) is 20.6 Å². The van der Waals surface area contributed by atoms with Gasteiger partial charge in [0, 0.05) is 23.5 Å². The van der Waals surface area contributed by atoms with Gasteiger partial charge in [0.05, 0.1) is 0 Å². The van der Waals surface area contributed by atoms with Crippen molar-refractivity contribution in [1.29, 1.82) is 0 Å². The van der Waals surface area contributed by atoms with Crippen LogP contribution in [0.5, 0.6) is 0 Å². The lowest BCUT2D eigenvalue weighted by atomic mass is 9.93. The van der Waals surface area contributed by atoms with Crippen LogP contribution >= 0.6 is 11.3 Å². The van der Waals surface area contributed by atoms with Crippen LogP contribution in [0.25, 0.3) is 0 Å². The summed E-state index contributed by atoms with van der Waals surface area (Å²) in [6.07, 6.45) is 2.52. The lowest BCUT2D eigenvalue weighted by Gasteiger charge is -2.32. The molecule has 0 aliphatic heterocycles. The molecule has 1 N–H and O–H groups in total. The predicted molar refractivity (Wildman–Crippen MR) is 82.3 cm³/mol. The highest BCUT2D eigenvalue weighted by Gasteiger charge is 2.21. The molecule has 0 bridgehead atoms. The first-order chi connectivity index (χ1) is 8.60. The van der Waals surface area contributed by atoms with Gasteiger partial charge in [-0.3, -0.25) is 0 Å². The van der Waals surface area contributed by atoms with Crippen LogP contribution in [0.2, 0.25) is 0 Å². The van der Waals surface area contributed by atoms with E-state index in [0.29, 0.717) is 12.1 Å². The van der Waals surface area contributed by atoms with E-state index in [1.54, 1.807) is 0 Å². The molecule has 2 atom stereocenters. The van der Waals surface area contributed by atoms with E-state index in [9.17, 15) is 0 Å². The number of likely N-dealkylation sites (N-methyl/N-ethyl adjacent to an activating group) is 1. The molecule has 104 valence electrons.